The lowest BCUT2D eigenvalue weighted by Crippen LogP contribution is -2.38. The van der Waals surface area contributed by atoms with Gasteiger partial charge in [0.25, 0.3) is 11.4 Å². The summed E-state index contributed by atoms with van der Waals surface area (Å²) in [7, 11) is 0. The van der Waals surface area contributed by atoms with E-state index in [1.54, 1.807) is 24.3 Å². The number of nitro groups is 2. The lowest BCUT2D eigenvalue weighted by atomic mass is 9.77. The molecule has 8 rings (SSSR count). The van der Waals surface area contributed by atoms with Gasteiger partial charge in [-0.05, 0) is 124 Å². The van der Waals surface area contributed by atoms with Crippen LogP contribution in [-0.4, -0.2) is 36.6 Å². The predicted octanol–water partition coefficient (Wildman–Crippen LogP) is 12.3. The minimum absolute atomic E-state index is 0. The number of fused-ring (bicyclic) bond motifs is 2. The number of ether oxygens (including phenoxy) is 1. The fourth-order valence-electron chi connectivity index (χ4n) is 6.21. The van der Waals surface area contributed by atoms with E-state index in [4.69, 9.17) is 9.84 Å². The molecule has 54 heavy (non-hydrogen) atoms. The van der Waals surface area contributed by atoms with Crippen LogP contribution in [0.5, 0.6) is 0 Å². The minimum atomic E-state index is -0.840. The molecule has 1 aromatic heterocycles. The number of aromatic nitrogens is 2. The van der Waals surface area contributed by atoms with E-state index in [1.165, 1.54) is 12.8 Å². The van der Waals surface area contributed by atoms with Gasteiger partial charge in [0.15, 0.2) is 0 Å². The second-order valence-corrected chi connectivity index (χ2v) is 15.5. The topological polar surface area (TPSA) is 126 Å². The van der Waals surface area contributed by atoms with E-state index in [2.05, 4.69) is 118 Å². The van der Waals surface area contributed by atoms with Crippen LogP contribution in [0.1, 0.15) is 55.5 Å². The van der Waals surface area contributed by atoms with Crippen molar-refractivity contribution in [2.75, 3.05) is 13.2 Å². The number of aliphatic imine (C=N–C) groups is 1. The summed E-state index contributed by atoms with van der Waals surface area (Å²) in [6.07, 6.45) is 2.56. The third kappa shape index (κ3) is 8.93. The first-order valence-electron chi connectivity index (χ1n) is 16.1. The molecule has 6 aromatic rings. The van der Waals surface area contributed by atoms with Crippen LogP contribution in [0.15, 0.2) is 129 Å². The summed E-state index contributed by atoms with van der Waals surface area (Å²) in [5.41, 5.74) is 4.88. The molecule has 2 aliphatic heterocycles. The van der Waals surface area contributed by atoms with Crippen LogP contribution in [0.4, 0.5) is 11.4 Å². The molecule has 14 heteroatoms. The number of rotatable bonds is 6. The molecule has 1 fully saturated rings. The molecule has 0 amide bonds. The zero-order valence-corrected chi connectivity index (χ0v) is 34.8. The smallest absolute Gasteiger partial charge is 0.285 e. The van der Waals surface area contributed by atoms with Crippen molar-refractivity contribution < 1.29 is 14.6 Å². The predicted molar refractivity (Wildman–Crippen MR) is 240 cm³/mol. The molecule has 0 radical (unpaired) electrons. The van der Waals surface area contributed by atoms with Crippen LogP contribution in [0.25, 0.3) is 10.9 Å². The molecule has 3 heterocycles. The normalized spacial score (nSPS) is 12.9. The summed E-state index contributed by atoms with van der Waals surface area (Å²) in [5, 5.41) is 28.3. The lowest BCUT2D eigenvalue weighted by Gasteiger charge is -2.37. The highest BCUT2D eigenvalue weighted by Gasteiger charge is 2.41. The average Bonchev–Trinajstić information content (AvgIpc) is 3.93. The highest BCUT2D eigenvalue weighted by molar-refractivity contribution is 14.1. The molecular formula is C40H37Br2I2N5O5. The largest absolute Gasteiger partial charge is 0.381 e. The first-order valence-corrected chi connectivity index (χ1v) is 19.8. The maximum atomic E-state index is 11.8. The number of hydrogen-bond donors (Lipinski definition) is 0. The number of nitrogens with zero attached hydrogens (tertiary/aromatic N) is 5. The maximum absolute atomic E-state index is 11.8. The molecular weight excluding hydrogens is 1040 g/mol. The summed E-state index contributed by atoms with van der Waals surface area (Å²) in [6, 6.07) is 37.2. The number of benzene rings is 5. The van der Waals surface area contributed by atoms with Gasteiger partial charge in [0.05, 0.1) is 30.9 Å². The molecule has 0 spiro atoms. The van der Waals surface area contributed by atoms with Crippen LogP contribution in [-0.2, 0) is 16.8 Å². The first-order chi connectivity index (χ1) is 25.1. The summed E-state index contributed by atoms with van der Waals surface area (Å²) >= 11 is 10.9. The van der Waals surface area contributed by atoms with Gasteiger partial charge in [-0.15, -0.1) is 0 Å². The fraction of sp³-hybridized carbons (Fsp3) is 0.200. The van der Waals surface area contributed by atoms with Crippen molar-refractivity contribution in [2.24, 2.45) is 4.99 Å². The number of nitro benzene ring substituents is 2. The Morgan fingerprint density at radius 3 is 1.61 bits per heavy atom. The molecule has 2 aliphatic rings. The van der Waals surface area contributed by atoms with E-state index in [-0.39, 0.29) is 31.2 Å². The summed E-state index contributed by atoms with van der Waals surface area (Å²) in [4.78, 5) is 25.9. The van der Waals surface area contributed by atoms with Gasteiger partial charge in [0, 0.05) is 36.3 Å². The van der Waals surface area contributed by atoms with E-state index in [0.29, 0.717) is 21.0 Å². The van der Waals surface area contributed by atoms with Gasteiger partial charge in [-0.3, -0.25) is 25.2 Å². The molecule has 280 valence electrons. The number of halogens is 4. The molecule has 0 aliphatic carbocycles. The molecule has 0 saturated carbocycles. The Balaban J connectivity index is 0.000000255. The summed E-state index contributed by atoms with van der Waals surface area (Å²) < 4.78 is 9.50. The van der Waals surface area contributed by atoms with E-state index in [0.717, 1.165) is 53.8 Å². The van der Waals surface area contributed by atoms with Crippen molar-refractivity contribution in [1.82, 2.24) is 9.78 Å². The zero-order chi connectivity index (χ0) is 36.8. The Bertz CT molecular complexity index is 2170. The van der Waals surface area contributed by atoms with Gasteiger partial charge >= 0.3 is 0 Å². The Morgan fingerprint density at radius 1 is 0.704 bits per heavy atom. The third-order valence-electron chi connectivity index (χ3n) is 8.60. The Hall–Kier alpha value is -3.58. The fourth-order valence-corrected chi connectivity index (χ4v) is 8.50. The van der Waals surface area contributed by atoms with E-state index in [1.807, 2.05) is 59.3 Å². The van der Waals surface area contributed by atoms with Crippen LogP contribution in [0.3, 0.4) is 0 Å². The number of hydrogen-bond acceptors (Lipinski definition) is 7. The van der Waals surface area contributed by atoms with Crippen molar-refractivity contribution in [2.45, 2.75) is 39.8 Å². The Labute approximate surface area is 358 Å². The van der Waals surface area contributed by atoms with Crippen LogP contribution in [0, 0.1) is 23.9 Å². The SMILES string of the molecule is C.C.C1CCOC1.O=[N+]([O-])c1cc2c(cc1Br)C(I)=NC2.O=[N+]([O-])c1cc2c(cc1Br)c(I)nn2C(c1ccccc1)(c1ccccc1)c1ccccc1. The average molecular weight is 1080 g/mol. The molecule has 0 unspecified atom stereocenters. The Morgan fingerprint density at radius 2 is 1.17 bits per heavy atom. The zero-order valence-electron chi connectivity index (χ0n) is 27.3. The van der Waals surface area contributed by atoms with Gasteiger partial charge < -0.3 is 4.74 Å². The van der Waals surface area contributed by atoms with Crippen molar-refractivity contribution in [3.05, 3.63) is 176 Å². The monoisotopic (exact) mass is 1080 g/mol. The van der Waals surface area contributed by atoms with Crippen LogP contribution < -0.4 is 0 Å². The first kappa shape index (κ1) is 43.2. The standard InChI is InChI=1S/C26H17BrIN3O2.C8H4BrIN2O2.C4H8O.2CH4/c27-22-16-21-23(17-24(22)31(32)33)30(29-25(21)28)26(18-10-4-1-5-11-18,19-12-6-2-7-13-19)20-14-8-3-9-15-20;9-6-2-5-4(3-11-8(5)10)1-7(6)12(13)14;1-2-4-5-3-1;;/h1-17H;1-2H,3H2;1-4H2;2*1H4. The summed E-state index contributed by atoms with van der Waals surface area (Å²) in [5.74, 6) is 0. The second-order valence-electron chi connectivity index (χ2n) is 11.7. The molecule has 1 saturated heterocycles. The molecule has 10 nitrogen and oxygen atoms in total. The van der Waals surface area contributed by atoms with Crippen LogP contribution in [0.2, 0.25) is 0 Å². The van der Waals surface area contributed by atoms with Gasteiger partial charge in [-0.25, -0.2) is 4.68 Å². The van der Waals surface area contributed by atoms with Crippen molar-refractivity contribution in [3.8, 4) is 0 Å². The van der Waals surface area contributed by atoms with E-state index >= 15 is 0 Å². The minimum Gasteiger partial charge on any atom is -0.381 e. The highest BCUT2D eigenvalue weighted by atomic mass is 127. The van der Waals surface area contributed by atoms with Crippen molar-refractivity contribution in [1.29, 1.82) is 0 Å². The molecule has 0 N–H and O–H groups in total. The third-order valence-corrected chi connectivity index (χ3v) is 11.6. The molecule has 0 bridgehead atoms. The van der Waals surface area contributed by atoms with Gasteiger partial charge in [-0.1, -0.05) is 106 Å². The Kier molecular flexibility index (Phi) is 15.4. The van der Waals surface area contributed by atoms with Crippen molar-refractivity contribution >= 4 is 103 Å². The molecule has 5 aromatic carbocycles. The van der Waals surface area contributed by atoms with Gasteiger partial charge in [0.2, 0.25) is 0 Å². The highest BCUT2D eigenvalue weighted by Crippen LogP contribution is 2.44. The van der Waals surface area contributed by atoms with E-state index < -0.39 is 10.5 Å². The lowest BCUT2D eigenvalue weighted by molar-refractivity contribution is -0.385. The van der Waals surface area contributed by atoms with Crippen molar-refractivity contribution in [3.63, 3.8) is 0 Å². The summed E-state index contributed by atoms with van der Waals surface area (Å²) in [6.45, 7) is 2.54. The molecule has 0 atom stereocenters. The quantitative estimate of drug-likeness (QED) is 0.0708. The second kappa shape index (κ2) is 19.3. The maximum Gasteiger partial charge on any atom is 0.285 e. The van der Waals surface area contributed by atoms with Gasteiger partial charge in [0.1, 0.15) is 13.0 Å². The van der Waals surface area contributed by atoms with E-state index in [9.17, 15) is 20.2 Å². The van der Waals surface area contributed by atoms with Gasteiger partial charge in [-0.2, -0.15) is 5.10 Å². The van der Waals surface area contributed by atoms with Crippen LogP contribution >= 0.6 is 77.0 Å².